The van der Waals surface area contributed by atoms with Gasteiger partial charge in [0.25, 0.3) is 5.56 Å². The Labute approximate surface area is 169 Å². The molecule has 0 aliphatic carbocycles. The molecule has 1 atom stereocenters. The van der Waals surface area contributed by atoms with E-state index in [4.69, 9.17) is 10.5 Å². The molecule has 148 valence electrons. The number of aromatic nitrogens is 1. The van der Waals surface area contributed by atoms with Crippen molar-refractivity contribution in [3.63, 3.8) is 0 Å². The number of pyridine rings is 1. The van der Waals surface area contributed by atoms with Crippen LogP contribution in [0.15, 0.2) is 59.5 Å². The number of aliphatic hydroxyl groups excluding tert-OH is 1. The number of nitrogens with one attached hydrogen (secondary N) is 1. The number of aliphatic hydroxyl groups is 1. The van der Waals surface area contributed by atoms with Crippen LogP contribution >= 0.6 is 0 Å². The van der Waals surface area contributed by atoms with Crippen LogP contribution in [0.5, 0.6) is 5.75 Å². The van der Waals surface area contributed by atoms with E-state index in [1.54, 1.807) is 30.5 Å². The lowest BCUT2D eigenvalue weighted by Gasteiger charge is -2.28. The van der Waals surface area contributed by atoms with Crippen LogP contribution in [0.25, 0.3) is 22.8 Å². The summed E-state index contributed by atoms with van der Waals surface area (Å²) in [5.74, 6) is 0.501. The molecule has 2 aromatic carbocycles. The maximum atomic E-state index is 12.5. The average Bonchev–Trinajstić information content (AvgIpc) is 2.67. The van der Waals surface area contributed by atoms with E-state index < -0.39 is 6.29 Å². The fourth-order valence-corrected chi connectivity index (χ4v) is 3.47. The number of hydrogen-bond acceptors (Lipinski definition) is 4. The minimum atomic E-state index is -1.15. The summed E-state index contributed by atoms with van der Waals surface area (Å²) in [5, 5.41) is 10.7. The van der Waals surface area contributed by atoms with Crippen LogP contribution < -0.4 is 16.0 Å². The van der Waals surface area contributed by atoms with Crippen molar-refractivity contribution in [1.29, 1.82) is 0 Å². The summed E-state index contributed by atoms with van der Waals surface area (Å²) in [6.45, 7) is 6.37. The summed E-state index contributed by atoms with van der Waals surface area (Å²) >= 11 is 0. The van der Waals surface area contributed by atoms with Gasteiger partial charge in [0, 0.05) is 28.6 Å². The third kappa shape index (κ3) is 3.57. The number of rotatable bonds is 2. The number of H-pyrrole nitrogens is 1. The van der Waals surface area contributed by atoms with E-state index in [1.807, 2.05) is 24.3 Å². The van der Waals surface area contributed by atoms with Crippen LogP contribution in [0.2, 0.25) is 0 Å². The van der Waals surface area contributed by atoms with Crippen LogP contribution in [0.3, 0.4) is 0 Å². The van der Waals surface area contributed by atoms with Crippen molar-refractivity contribution in [3.05, 3.63) is 81.8 Å². The molecule has 0 saturated carbocycles. The van der Waals surface area contributed by atoms with Crippen molar-refractivity contribution in [2.45, 2.75) is 32.5 Å². The molecule has 4 rings (SSSR count). The number of fused-ring (bicyclic) bond motifs is 1. The van der Waals surface area contributed by atoms with Crippen molar-refractivity contribution in [2.75, 3.05) is 5.73 Å². The molecule has 4 N–H and O–H groups in total. The van der Waals surface area contributed by atoms with Gasteiger partial charge >= 0.3 is 0 Å². The SMILES string of the molecule is CC(C)(C)c1cc2c(c(-c3ccc[nH]c3=O)c1)OC(O)C(c1ccc(N)cc1)=C2. The first-order valence-corrected chi connectivity index (χ1v) is 9.53. The molecular weight excluding hydrogens is 364 g/mol. The smallest absolute Gasteiger partial charge is 0.255 e. The van der Waals surface area contributed by atoms with Crippen LogP contribution in [0, 0.1) is 0 Å². The van der Waals surface area contributed by atoms with Crippen LogP contribution in [-0.2, 0) is 5.41 Å². The molecule has 0 amide bonds. The Balaban J connectivity index is 1.96. The van der Waals surface area contributed by atoms with Crippen LogP contribution in [0.1, 0.15) is 37.5 Å². The quantitative estimate of drug-likeness (QED) is 0.575. The number of benzene rings is 2. The number of anilines is 1. The van der Waals surface area contributed by atoms with E-state index in [1.165, 1.54) is 0 Å². The molecule has 5 nitrogen and oxygen atoms in total. The van der Waals surface area contributed by atoms with Gasteiger partial charge in [0.1, 0.15) is 5.75 Å². The van der Waals surface area contributed by atoms with E-state index in [-0.39, 0.29) is 11.0 Å². The minimum absolute atomic E-state index is 0.128. The van der Waals surface area contributed by atoms with E-state index in [0.29, 0.717) is 28.1 Å². The topological polar surface area (TPSA) is 88.3 Å². The molecule has 29 heavy (non-hydrogen) atoms. The van der Waals surface area contributed by atoms with Gasteiger partial charge in [-0.05, 0) is 59.0 Å². The summed E-state index contributed by atoms with van der Waals surface area (Å²) in [6, 6.07) is 14.9. The van der Waals surface area contributed by atoms with Gasteiger partial charge < -0.3 is 20.6 Å². The number of aromatic amines is 1. The number of nitrogen functional groups attached to an aromatic ring is 1. The highest BCUT2D eigenvalue weighted by Crippen LogP contribution is 2.42. The minimum Gasteiger partial charge on any atom is -0.459 e. The van der Waals surface area contributed by atoms with Crippen molar-refractivity contribution in [3.8, 4) is 16.9 Å². The van der Waals surface area contributed by atoms with Crippen molar-refractivity contribution in [2.24, 2.45) is 0 Å². The van der Waals surface area contributed by atoms with E-state index in [2.05, 4.69) is 31.8 Å². The van der Waals surface area contributed by atoms with Gasteiger partial charge in [-0.25, -0.2) is 0 Å². The van der Waals surface area contributed by atoms with Crippen LogP contribution in [-0.4, -0.2) is 16.4 Å². The first kappa shape index (κ1) is 19.0. The predicted molar refractivity (Wildman–Crippen MR) is 117 cm³/mol. The predicted octanol–water partition coefficient (Wildman–Crippen LogP) is 4.17. The molecule has 0 spiro atoms. The van der Waals surface area contributed by atoms with Gasteiger partial charge in [-0.15, -0.1) is 0 Å². The highest BCUT2D eigenvalue weighted by molar-refractivity contribution is 5.90. The summed E-state index contributed by atoms with van der Waals surface area (Å²) in [4.78, 5) is 15.2. The first-order valence-electron chi connectivity index (χ1n) is 9.53. The van der Waals surface area contributed by atoms with E-state index in [9.17, 15) is 9.90 Å². The van der Waals surface area contributed by atoms with Gasteiger partial charge in [-0.2, -0.15) is 0 Å². The first-order chi connectivity index (χ1) is 13.7. The maximum absolute atomic E-state index is 12.5. The monoisotopic (exact) mass is 388 g/mol. The zero-order valence-electron chi connectivity index (χ0n) is 16.7. The molecule has 0 radical (unpaired) electrons. The average molecular weight is 388 g/mol. The molecule has 0 bridgehead atoms. The Morgan fingerprint density at radius 2 is 1.79 bits per heavy atom. The third-order valence-electron chi connectivity index (χ3n) is 5.14. The molecule has 1 aliphatic heterocycles. The fraction of sp³-hybridized carbons (Fsp3) is 0.208. The Morgan fingerprint density at radius 3 is 2.45 bits per heavy atom. The summed E-state index contributed by atoms with van der Waals surface area (Å²) in [5.41, 5.74) is 10.7. The zero-order valence-corrected chi connectivity index (χ0v) is 16.7. The molecule has 3 aromatic rings. The lowest BCUT2D eigenvalue weighted by atomic mass is 9.83. The number of nitrogens with two attached hydrogens (primary N) is 1. The molecule has 1 aliphatic rings. The molecule has 0 saturated heterocycles. The highest BCUT2D eigenvalue weighted by Gasteiger charge is 2.27. The van der Waals surface area contributed by atoms with Gasteiger partial charge in [0.15, 0.2) is 0 Å². The van der Waals surface area contributed by atoms with Gasteiger partial charge in [0.05, 0.1) is 5.56 Å². The third-order valence-corrected chi connectivity index (χ3v) is 5.14. The summed E-state index contributed by atoms with van der Waals surface area (Å²) in [6.07, 6.45) is 2.37. The van der Waals surface area contributed by atoms with Crippen molar-refractivity contribution < 1.29 is 9.84 Å². The lowest BCUT2D eigenvalue weighted by Crippen LogP contribution is -2.23. The Hall–Kier alpha value is -3.31. The van der Waals surface area contributed by atoms with Crippen molar-refractivity contribution >= 4 is 17.3 Å². The molecule has 1 unspecified atom stereocenters. The lowest BCUT2D eigenvalue weighted by molar-refractivity contribution is 0.0324. The zero-order chi connectivity index (χ0) is 20.8. The molecule has 0 fully saturated rings. The Kier molecular flexibility index (Phi) is 4.55. The second-order valence-corrected chi connectivity index (χ2v) is 8.30. The second-order valence-electron chi connectivity index (χ2n) is 8.30. The Morgan fingerprint density at radius 1 is 1.07 bits per heavy atom. The van der Waals surface area contributed by atoms with E-state index >= 15 is 0 Å². The van der Waals surface area contributed by atoms with E-state index in [0.717, 1.165) is 16.7 Å². The van der Waals surface area contributed by atoms with Crippen molar-refractivity contribution in [1.82, 2.24) is 4.98 Å². The van der Waals surface area contributed by atoms with Gasteiger partial charge in [0.2, 0.25) is 6.29 Å². The summed E-state index contributed by atoms with van der Waals surface area (Å²) < 4.78 is 5.94. The second kappa shape index (κ2) is 6.94. The Bertz CT molecular complexity index is 1150. The van der Waals surface area contributed by atoms with Gasteiger partial charge in [-0.1, -0.05) is 32.9 Å². The normalized spacial score (nSPS) is 16.0. The standard InChI is InChI=1S/C24H24N2O3/c1-24(2,3)16-11-15-12-19(14-6-8-17(25)9-7-14)23(28)29-21(15)20(13-16)18-5-4-10-26-22(18)27/h4-13,23,28H,25H2,1-3H3,(H,26,27). The fourth-order valence-electron chi connectivity index (χ4n) is 3.47. The number of ether oxygens (including phenoxy) is 1. The summed E-state index contributed by atoms with van der Waals surface area (Å²) in [7, 11) is 0. The van der Waals surface area contributed by atoms with Crippen LogP contribution in [0.4, 0.5) is 5.69 Å². The molecule has 1 aromatic heterocycles. The highest BCUT2D eigenvalue weighted by atomic mass is 16.6. The largest absolute Gasteiger partial charge is 0.459 e. The maximum Gasteiger partial charge on any atom is 0.255 e. The number of hydrogen-bond donors (Lipinski definition) is 3. The molecule has 5 heteroatoms. The van der Waals surface area contributed by atoms with Gasteiger partial charge in [-0.3, -0.25) is 4.79 Å². The molecule has 2 heterocycles. The molecular formula is C24H24N2O3.